The van der Waals surface area contributed by atoms with Gasteiger partial charge in [0, 0.05) is 23.5 Å². The van der Waals surface area contributed by atoms with E-state index in [1.54, 1.807) is 0 Å². The molecule has 0 bridgehead atoms. The minimum atomic E-state index is -0.542. The Bertz CT molecular complexity index is 792. The number of rotatable bonds is 7. The third-order valence-corrected chi connectivity index (χ3v) is 4.79. The lowest BCUT2D eigenvalue weighted by molar-refractivity contribution is 0.449. The summed E-state index contributed by atoms with van der Waals surface area (Å²) in [6.07, 6.45) is 1.39. The van der Waals surface area contributed by atoms with Crippen LogP contribution < -0.4 is 4.90 Å². The summed E-state index contributed by atoms with van der Waals surface area (Å²) in [5.74, 6) is 0. The number of hydrogen-bond donors (Lipinski definition) is 0. The molecular weight excluding hydrogens is 320 g/mol. The van der Waals surface area contributed by atoms with Gasteiger partial charge in [0.05, 0.1) is 0 Å². The van der Waals surface area contributed by atoms with E-state index in [4.69, 9.17) is 0 Å². The van der Waals surface area contributed by atoms with Gasteiger partial charge in [0.15, 0.2) is 0 Å². The van der Waals surface area contributed by atoms with Crippen molar-refractivity contribution < 1.29 is 0 Å². The second-order valence-corrected chi connectivity index (χ2v) is 6.79. The van der Waals surface area contributed by atoms with Crippen LogP contribution in [0.4, 0.5) is 17.1 Å². The monoisotopic (exact) mass is 344 g/mol. The maximum absolute atomic E-state index is 11.1. The zero-order chi connectivity index (χ0) is 18.4. The van der Waals surface area contributed by atoms with Crippen molar-refractivity contribution in [3.05, 3.63) is 95.4 Å². The molecule has 1 unspecified atom stereocenters. The van der Waals surface area contributed by atoms with Gasteiger partial charge >= 0.3 is 0 Å². The van der Waals surface area contributed by atoms with E-state index in [1.807, 2.05) is 50.2 Å². The Balaban J connectivity index is 1.94. The zero-order valence-corrected chi connectivity index (χ0v) is 15.3. The van der Waals surface area contributed by atoms with Crippen molar-refractivity contribution in [3.8, 4) is 0 Å². The van der Waals surface area contributed by atoms with Gasteiger partial charge in [0.2, 0.25) is 0 Å². The van der Waals surface area contributed by atoms with Gasteiger partial charge in [-0.25, -0.2) is 0 Å². The van der Waals surface area contributed by atoms with E-state index >= 15 is 0 Å². The van der Waals surface area contributed by atoms with Crippen LogP contribution in [0.2, 0.25) is 0 Å². The van der Waals surface area contributed by atoms with Crippen molar-refractivity contribution in [1.29, 1.82) is 0 Å². The molecule has 0 saturated carbocycles. The van der Waals surface area contributed by atoms with E-state index in [1.165, 1.54) is 0 Å². The van der Waals surface area contributed by atoms with E-state index in [0.717, 1.165) is 29.0 Å². The largest absolute Gasteiger partial charge is 0.311 e. The van der Waals surface area contributed by atoms with Crippen molar-refractivity contribution in [2.75, 3.05) is 4.90 Å². The summed E-state index contributed by atoms with van der Waals surface area (Å²) in [7, 11) is 0. The highest BCUT2D eigenvalue weighted by atomic mass is 16.3. The first kappa shape index (κ1) is 17.9. The predicted octanol–water partition coefficient (Wildman–Crippen LogP) is 6.63. The van der Waals surface area contributed by atoms with E-state index in [-0.39, 0.29) is 0 Å². The van der Waals surface area contributed by atoms with Crippen LogP contribution in [0.5, 0.6) is 0 Å². The molecule has 0 saturated heterocycles. The summed E-state index contributed by atoms with van der Waals surface area (Å²) in [6.45, 7) is 3.91. The first-order chi connectivity index (χ1) is 12.6. The Morgan fingerprint density at radius 3 is 1.65 bits per heavy atom. The van der Waals surface area contributed by atoms with E-state index < -0.39 is 5.54 Å². The first-order valence-electron chi connectivity index (χ1n) is 8.99. The highest BCUT2D eigenvalue weighted by Crippen LogP contribution is 2.34. The minimum Gasteiger partial charge on any atom is -0.311 e. The Morgan fingerprint density at radius 1 is 0.769 bits per heavy atom. The molecule has 3 heteroatoms. The fourth-order valence-corrected chi connectivity index (χ4v) is 3.03. The lowest BCUT2D eigenvalue weighted by Crippen LogP contribution is -2.23. The fourth-order valence-electron chi connectivity index (χ4n) is 3.03. The number of hydrogen-bond acceptors (Lipinski definition) is 3. The van der Waals surface area contributed by atoms with E-state index in [2.05, 4.69) is 58.6 Å². The van der Waals surface area contributed by atoms with Crippen LogP contribution in [0.25, 0.3) is 0 Å². The van der Waals surface area contributed by atoms with E-state index in [9.17, 15) is 4.91 Å². The Labute approximate surface area is 155 Å². The van der Waals surface area contributed by atoms with Crippen LogP contribution in [0.15, 0.2) is 90.1 Å². The summed E-state index contributed by atoms with van der Waals surface area (Å²) in [5.41, 5.74) is 3.89. The van der Waals surface area contributed by atoms with Crippen molar-refractivity contribution in [2.24, 2.45) is 5.18 Å². The molecule has 0 aliphatic rings. The van der Waals surface area contributed by atoms with Crippen LogP contribution in [0.1, 0.15) is 25.8 Å². The summed E-state index contributed by atoms with van der Waals surface area (Å²) in [5, 5.41) is 3.33. The third kappa shape index (κ3) is 3.99. The number of nitroso groups, excluding NO2 is 1. The Kier molecular flexibility index (Phi) is 5.47. The summed E-state index contributed by atoms with van der Waals surface area (Å²) < 4.78 is 0. The van der Waals surface area contributed by atoms with Crippen LogP contribution in [0.3, 0.4) is 0 Å². The highest BCUT2D eigenvalue weighted by molar-refractivity contribution is 5.76. The molecule has 26 heavy (non-hydrogen) atoms. The van der Waals surface area contributed by atoms with Gasteiger partial charge in [-0.1, -0.05) is 60.6 Å². The molecule has 0 amide bonds. The number of nitrogens with zero attached hydrogens (tertiary/aromatic N) is 2. The van der Waals surface area contributed by atoms with Crippen LogP contribution >= 0.6 is 0 Å². The topological polar surface area (TPSA) is 32.7 Å². The lowest BCUT2D eigenvalue weighted by Gasteiger charge is -2.26. The smallest absolute Gasteiger partial charge is 0.104 e. The molecule has 0 fully saturated rings. The van der Waals surface area contributed by atoms with Crippen LogP contribution in [0, 0.1) is 4.91 Å². The quantitative estimate of drug-likeness (QED) is 0.450. The molecule has 0 aliphatic carbocycles. The van der Waals surface area contributed by atoms with Gasteiger partial charge in [0.1, 0.15) is 5.54 Å². The van der Waals surface area contributed by atoms with Crippen molar-refractivity contribution >= 4 is 17.1 Å². The molecule has 0 aliphatic heterocycles. The van der Waals surface area contributed by atoms with Crippen LogP contribution in [-0.2, 0) is 6.42 Å². The average Bonchev–Trinajstić information content (AvgIpc) is 2.71. The summed E-state index contributed by atoms with van der Waals surface area (Å²) >= 11 is 0. The van der Waals surface area contributed by atoms with Gasteiger partial charge in [-0.3, -0.25) is 0 Å². The van der Waals surface area contributed by atoms with Crippen LogP contribution in [-0.4, -0.2) is 5.54 Å². The molecule has 132 valence electrons. The highest BCUT2D eigenvalue weighted by Gasteiger charge is 2.23. The van der Waals surface area contributed by atoms with Gasteiger partial charge in [0.25, 0.3) is 0 Å². The summed E-state index contributed by atoms with van der Waals surface area (Å²) in [6, 6.07) is 29.0. The van der Waals surface area contributed by atoms with Crippen molar-refractivity contribution in [1.82, 2.24) is 0 Å². The fraction of sp³-hybridized carbons (Fsp3) is 0.217. The number of benzene rings is 3. The third-order valence-electron chi connectivity index (χ3n) is 4.79. The SMILES string of the molecule is CCC(C)(Cc1ccc(N(c2ccccc2)c2ccccc2)cc1)N=O. The van der Waals surface area contributed by atoms with Crippen molar-refractivity contribution in [3.63, 3.8) is 0 Å². The Morgan fingerprint density at radius 2 is 1.23 bits per heavy atom. The second-order valence-electron chi connectivity index (χ2n) is 6.79. The van der Waals surface area contributed by atoms with Gasteiger partial charge in [-0.05, 0) is 55.3 Å². The predicted molar refractivity (Wildman–Crippen MR) is 109 cm³/mol. The average molecular weight is 344 g/mol. The first-order valence-corrected chi connectivity index (χ1v) is 8.99. The zero-order valence-electron chi connectivity index (χ0n) is 15.3. The molecule has 3 aromatic rings. The second kappa shape index (κ2) is 7.96. The Hall–Kier alpha value is -2.94. The van der Waals surface area contributed by atoms with Gasteiger partial charge < -0.3 is 4.90 Å². The van der Waals surface area contributed by atoms with Gasteiger partial charge in [-0.15, -0.1) is 0 Å². The molecule has 3 nitrogen and oxygen atoms in total. The van der Waals surface area contributed by atoms with Crippen molar-refractivity contribution in [2.45, 2.75) is 32.2 Å². The lowest BCUT2D eigenvalue weighted by atomic mass is 9.91. The standard InChI is InChI=1S/C23H24N2O/c1-3-23(2,24-26)18-19-14-16-22(17-15-19)25(20-10-6-4-7-11-20)21-12-8-5-9-13-21/h4-17H,3,18H2,1-2H3. The number of anilines is 3. The number of para-hydroxylation sites is 2. The summed E-state index contributed by atoms with van der Waals surface area (Å²) in [4.78, 5) is 13.4. The minimum absolute atomic E-state index is 0.542. The molecule has 0 aromatic heterocycles. The molecule has 0 radical (unpaired) electrons. The molecule has 3 rings (SSSR count). The normalized spacial score (nSPS) is 13.0. The molecule has 0 heterocycles. The maximum Gasteiger partial charge on any atom is 0.104 e. The van der Waals surface area contributed by atoms with Gasteiger partial charge in [-0.2, -0.15) is 4.91 Å². The molecule has 0 spiro atoms. The molecule has 0 N–H and O–H groups in total. The van der Waals surface area contributed by atoms with E-state index in [0.29, 0.717) is 6.42 Å². The maximum atomic E-state index is 11.1. The molecular formula is C23H24N2O. The molecule has 1 atom stereocenters. The molecule has 3 aromatic carbocycles.